The van der Waals surface area contributed by atoms with Gasteiger partial charge in [-0.25, -0.2) is 4.79 Å². The Balaban J connectivity index is 0.00000261. The molecule has 1 aliphatic heterocycles. The summed E-state index contributed by atoms with van der Waals surface area (Å²) in [6, 6.07) is 11.9. The van der Waals surface area contributed by atoms with Crippen molar-refractivity contribution < 1.29 is 14.7 Å². The quantitative estimate of drug-likeness (QED) is 0.756. The molecule has 2 aromatic rings. The van der Waals surface area contributed by atoms with Gasteiger partial charge in [-0.15, -0.1) is 12.4 Å². The summed E-state index contributed by atoms with van der Waals surface area (Å²) in [5, 5.41) is 12.5. The number of hydrogen-bond donors (Lipinski definition) is 2. The Morgan fingerprint density at radius 3 is 2.33 bits per heavy atom. The van der Waals surface area contributed by atoms with Gasteiger partial charge in [0.15, 0.2) is 0 Å². The fraction of sp³-hybridized carbons (Fsp3) is 0.300. The van der Waals surface area contributed by atoms with Crippen molar-refractivity contribution in [2.75, 3.05) is 23.3 Å². The molecular weight excluding hydrogens is 387 g/mol. The molecule has 27 heavy (non-hydrogen) atoms. The van der Waals surface area contributed by atoms with Crippen molar-refractivity contribution in [3.05, 3.63) is 58.6 Å². The van der Waals surface area contributed by atoms with E-state index in [-0.39, 0.29) is 30.3 Å². The van der Waals surface area contributed by atoms with Crippen molar-refractivity contribution in [3.63, 3.8) is 0 Å². The zero-order valence-corrected chi connectivity index (χ0v) is 16.4. The molecule has 3 rings (SSSR count). The number of amides is 1. The molecule has 1 saturated heterocycles. The first-order valence-corrected chi connectivity index (χ1v) is 9.07. The molecule has 1 amide bonds. The highest BCUT2D eigenvalue weighted by Crippen LogP contribution is 2.31. The fourth-order valence-electron chi connectivity index (χ4n) is 3.16. The number of carbonyl (C=O) groups excluding carboxylic acids is 1. The number of carboxylic acid groups (broad SMARTS) is 1. The van der Waals surface area contributed by atoms with Crippen molar-refractivity contribution in [2.45, 2.75) is 25.7 Å². The minimum atomic E-state index is -0.980. The molecule has 1 fully saturated rings. The van der Waals surface area contributed by atoms with Crippen LogP contribution in [-0.4, -0.2) is 30.1 Å². The number of carboxylic acids is 1. The largest absolute Gasteiger partial charge is 0.478 e. The van der Waals surface area contributed by atoms with Crippen LogP contribution in [0, 0.1) is 0 Å². The van der Waals surface area contributed by atoms with Crippen LogP contribution >= 0.6 is 24.0 Å². The molecule has 0 spiro atoms. The fourth-order valence-corrected chi connectivity index (χ4v) is 3.34. The molecule has 0 saturated carbocycles. The van der Waals surface area contributed by atoms with E-state index < -0.39 is 5.97 Å². The smallest absolute Gasteiger partial charge is 0.335 e. The second-order valence-electron chi connectivity index (χ2n) is 6.44. The highest BCUT2D eigenvalue weighted by atomic mass is 35.5. The van der Waals surface area contributed by atoms with Gasteiger partial charge in [0.25, 0.3) is 0 Å². The maximum Gasteiger partial charge on any atom is 0.335 e. The first-order chi connectivity index (χ1) is 12.5. The molecule has 2 aromatic carbocycles. The summed E-state index contributed by atoms with van der Waals surface area (Å²) in [4.78, 5) is 25.6. The van der Waals surface area contributed by atoms with E-state index in [0.29, 0.717) is 10.7 Å². The van der Waals surface area contributed by atoms with Gasteiger partial charge in [0.1, 0.15) is 0 Å². The van der Waals surface area contributed by atoms with Gasteiger partial charge < -0.3 is 15.3 Å². The summed E-state index contributed by atoms with van der Waals surface area (Å²) in [6.45, 7) is 1.95. The second kappa shape index (κ2) is 9.62. The second-order valence-corrected chi connectivity index (χ2v) is 6.87. The Bertz CT molecular complexity index is 803. The molecule has 0 bridgehead atoms. The van der Waals surface area contributed by atoms with Crippen molar-refractivity contribution in [1.29, 1.82) is 0 Å². The third kappa shape index (κ3) is 5.62. The SMILES string of the molecule is Cl.O=C(Cc1ccc(C(=O)O)cc1)Nc1cc(Cl)ccc1N1CCCCC1. The molecular formula is C20H22Cl2N2O3. The number of hydrogen-bond acceptors (Lipinski definition) is 3. The number of anilines is 2. The lowest BCUT2D eigenvalue weighted by Gasteiger charge is -2.30. The van der Waals surface area contributed by atoms with Crippen LogP contribution in [0.15, 0.2) is 42.5 Å². The van der Waals surface area contributed by atoms with Crippen LogP contribution in [0.4, 0.5) is 11.4 Å². The van der Waals surface area contributed by atoms with Gasteiger partial charge in [-0.3, -0.25) is 4.79 Å². The first kappa shape index (κ1) is 21.1. The molecule has 144 valence electrons. The van der Waals surface area contributed by atoms with E-state index in [2.05, 4.69) is 10.2 Å². The highest BCUT2D eigenvalue weighted by Gasteiger charge is 2.16. The maximum absolute atomic E-state index is 12.5. The van der Waals surface area contributed by atoms with Crippen LogP contribution in [0.5, 0.6) is 0 Å². The van der Waals surface area contributed by atoms with Crippen LogP contribution in [0.25, 0.3) is 0 Å². The van der Waals surface area contributed by atoms with Crippen LogP contribution in [0.1, 0.15) is 35.2 Å². The minimum absolute atomic E-state index is 0. The van der Waals surface area contributed by atoms with E-state index in [1.165, 1.54) is 18.6 Å². The molecule has 1 aliphatic rings. The molecule has 0 radical (unpaired) electrons. The summed E-state index contributed by atoms with van der Waals surface area (Å²) in [7, 11) is 0. The third-order valence-corrected chi connectivity index (χ3v) is 4.73. The molecule has 7 heteroatoms. The Labute approximate surface area is 169 Å². The number of halogens is 2. The van der Waals surface area contributed by atoms with Gasteiger partial charge in [0.2, 0.25) is 5.91 Å². The van der Waals surface area contributed by atoms with Crippen LogP contribution < -0.4 is 10.2 Å². The number of benzene rings is 2. The van der Waals surface area contributed by atoms with E-state index >= 15 is 0 Å². The summed E-state index contributed by atoms with van der Waals surface area (Å²) in [6.07, 6.45) is 3.70. The predicted octanol–water partition coefficient (Wildman–Crippen LogP) is 4.63. The van der Waals surface area contributed by atoms with Gasteiger partial charge in [-0.1, -0.05) is 23.7 Å². The van der Waals surface area contributed by atoms with E-state index in [1.54, 1.807) is 18.2 Å². The molecule has 5 nitrogen and oxygen atoms in total. The monoisotopic (exact) mass is 408 g/mol. The molecule has 0 aromatic heterocycles. The minimum Gasteiger partial charge on any atom is -0.478 e. The molecule has 2 N–H and O–H groups in total. The van der Waals surface area contributed by atoms with E-state index in [4.69, 9.17) is 16.7 Å². The summed E-state index contributed by atoms with van der Waals surface area (Å²) in [5.41, 5.74) is 2.67. The standard InChI is InChI=1S/C20H21ClN2O3.ClH/c21-16-8-9-18(23-10-2-1-3-11-23)17(13-16)22-19(24)12-14-4-6-15(7-5-14)20(25)26;/h4-9,13H,1-3,10-12H2,(H,22,24)(H,25,26);1H. The molecule has 0 unspecified atom stereocenters. The number of nitrogens with one attached hydrogen (secondary N) is 1. The predicted molar refractivity (Wildman–Crippen MR) is 110 cm³/mol. The zero-order chi connectivity index (χ0) is 18.5. The lowest BCUT2D eigenvalue weighted by Crippen LogP contribution is -2.30. The number of piperidine rings is 1. The van der Waals surface area contributed by atoms with Gasteiger partial charge in [-0.2, -0.15) is 0 Å². The highest BCUT2D eigenvalue weighted by molar-refractivity contribution is 6.31. The van der Waals surface area contributed by atoms with Gasteiger partial charge in [0.05, 0.1) is 23.4 Å². The number of aromatic carboxylic acids is 1. The number of carbonyl (C=O) groups is 2. The lowest BCUT2D eigenvalue weighted by molar-refractivity contribution is -0.115. The topological polar surface area (TPSA) is 69.6 Å². The summed E-state index contributed by atoms with van der Waals surface area (Å²) >= 11 is 6.12. The Morgan fingerprint density at radius 1 is 1.04 bits per heavy atom. The number of rotatable bonds is 5. The normalized spacial score (nSPS) is 13.6. The van der Waals surface area contributed by atoms with Crippen molar-refractivity contribution in [1.82, 2.24) is 0 Å². The maximum atomic E-state index is 12.5. The van der Waals surface area contributed by atoms with Crippen molar-refractivity contribution in [3.8, 4) is 0 Å². The van der Waals surface area contributed by atoms with E-state index in [0.717, 1.165) is 37.2 Å². The lowest BCUT2D eigenvalue weighted by atomic mass is 10.1. The van der Waals surface area contributed by atoms with Gasteiger partial charge in [-0.05, 0) is 55.2 Å². The zero-order valence-electron chi connectivity index (χ0n) is 14.8. The molecule has 0 atom stereocenters. The van der Waals surface area contributed by atoms with Crippen LogP contribution in [-0.2, 0) is 11.2 Å². The van der Waals surface area contributed by atoms with Gasteiger partial charge >= 0.3 is 5.97 Å². The Morgan fingerprint density at radius 2 is 1.70 bits per heavy atom. The average Bonchev–Trinajstić information content (AvgIpc) is 2.63. The van der Waals surface area contributed by atoms with Crippen LogP contribution in [0.3, 0.4) is 0 Å². The van der Waals surface area contributed by atoms with Crippen molar-refractivity contribution >= 4 is 47.3 Å². The van der Waals surface area contributed by atoms with Crippen LogP contribution in [0.2, 0.25) is 5.02 Å². The van der Waals surface area contributed by atoms with E-state index in [1.807, 2.05) is 12.1 Å². The first-order valence-electron chi connectivity index (χ1n) is 8.69. The third-order valence-electron chi connectivity index (χ3n) is 4.50. The Hall–Kier alpha value is -2.24. The Kier molecular flexibility index (Phi) is 7.51. The summed E-state index contributed by atoms with van der Waals surface area (Å²) in [5.74, 6) is -1.14. The molecule has 0 aliphatic carbocycles. The molecule has 1 heterocycles. The average molecular weight is 409 g/mol. The van der Waals surface area contributed by atoms with E-state index in [9.17, 15) is 9.59 Å². The van der Waals surface area contributed by atoms with Gasteiger partial charge in [0, 0.05) is 18.1 Å². The van der Waals surface area contributed by atoms with Crippen molar-refractivity contribution in [2.24, 2.45) is 0 Å². The number of nitrogens with zero attached hydrogens (tertiary/aromatic N) is 1. The summed E-state index contributed by atoms with van der Waals surface area (Å²) < 4.78 is 0.